The van der Waals surface area contributed by atoms with E-state index >= 15 is 0 Å². The topological polar surface area (TPSA) is 9.23 Å². The van der Waals surface area contributed by atoms with Crippen LogP contribution in [0.15, 0.2) is 66.7 Å². The number of halogens is 2. The molecule has 1 nitrogen and oxygen atoms in total. The summed E-state index contributed by atoms with van der Waals surface area (Å²) in [5.74, 6) is 0.878. The number of hydrogen-bond donors (Lipinski definition) is 0. The summed E-state index contributed by atoms with van der Waals surface area (Å²) < 4.78 is 5.33. The van der Waals surface area contributed by atoms with E-state index in [1.54, 1.807) is 7.11 Å². The van der Waals surface area contributed by atoms with Crippen LogP contribution in [0.3, 0.4) is 0 Å². The second-order valence-corrected chi connectivity index (χ2v) is 5.28. The van der Waals surface area contributed by atoms with E-state index < -0.39 is 0 Å². The Hall–Kier alpha value is -0.947. The normalized spacial score (nSPS) is 9.19. The fourth-order valence-electron chi connectivity index (χ4n) is 2.57. The van der Waals surface area contributed by atoms with E-state index in [1.165, 1.54) is 22.3 Å². The summed E-state index contributed by atoms with van der Waals surface area (Å²) in [5, 5.41) is 0. The molecule has 0 N–H and O–H groups in total. The van der Waals surface area contributed by atoms with E-state index in [-0.39, 0.29) is 51.0 Å². The fourth-order valence-corrected chi connectivity index (χ4v) is 2.57. The number of hydrogen-bond acceptors (Lipinski definition) is 1. The Morgan fingerprint density at radius 2 is 1.58 bits per heavy atom. The molecule has 0 aromatic heterocycles. The summed E-state index contributed by atoms with van der Waals surface area (Å²) in [5.41, 5.74) is 5.27. The van der Waals surface area contributed by atoms with Crippen molar-refractivity contribution >= 4 is 0 Å². The van der Waals surface area contributed by atoms with Gasteiger partial charge in [0, 0.05) is 5.75 Å². The summed E-state index contributed by atoms with van der Waals surface area (Å²) in [7, 11) is 1.70. The Bertz CT molecular complexity index is 695. The third kappa shape index (κ3) is 7.35. The second kappa shape index (κ2) is 15.1. The van der Waals surface area contributed by atoms with Crippen LogP contribution in [0.4, 0.5) is 0 Å². The molecule has 1 aliphatic carbocycles. The van der Waals surface area contributed by atoms with Crippen molar-refractivity contribution in [3.05, 3.63) is 90.3 Å². The standard InChI is InChI=1S/C14H11O.C5H5.C3H7.2ClH.Zr/c1-15-14-8-4-7-12-11-6-3-2-5-10(11)9-13(12)14;1-2-4-5-3-1;1-3-2;;;/h2-7H,9H2,1H3;1-5H;3H,1-2H3;2*1H;/q3*-1;;;+2/p-2. The van der Waals surface area contributed by atoms with Crippen LogP contribution in [0.2, 0.25) is 0 Å². The van der Waals surface area contributed by atoms with Gasteiger partial charge in [0.15, 0.2) is 0 Å². The predicted molar refractivity (Wildman–Crippen MR) is 97.8 cm³/mol. The third-order valence-electron chi connectivity index (χ3n) is 3.50. The van der Waals surface area contributed by atoms with Crippen LogP contribution < -0.4 is 29.6 Å². The summed E-state index contributed by atoms with van der Waals surface area (Å²) in [6.45, 7) is 4.00. The molecule has 0 fully saturated rings. The maximum Gasteiger partial charge on any atom is 2.00 e. The van der Waals surface area contributed by atoms with Gasteiger partial charge in [-0.15, -0.1) is 17.2 Å². The monoisotopic (exact) mass is 463 g/mol. The zero-order chi connectivity index (χ0) is 16.5. The molecule has 0 aliphatic heterocycles. The van der Waals surface area contributed by atoms with Gasteiger partial charge < -0.3 is 36.0 Å². The molecule has 0 bridgehead atoms. The van der Waals surface area contributed by atoms with E-state index in [4.69, 9.17) is 4.74 Å². The van der Waals surface area contributed by atoms with E-state index in [9.17, 15) is 0 Å². The fraction of sp³-hybridized carbons (Fsp3) is 0.182. The van der Waals surface area contributed by atoms with Gasteiger partial charge in [-0.2, -0.15) is 44.2 Å². The smallest absolute Gasteiger partial charge is 1.00 e. The molecule has 0 spiro atoms. The van der Waals surface area contributed by atoms with Crippen LogP contribution in [0, 0.1) is 12.5 Å². The molecule has 0 saturated heterocycles. The molecule has 4 rings (SSSR count). The largest absolute Gasteiger partial charge is 2.00 e. The van der Waals surface area contributed by atoms with E-state index in [2.05, 4.69) is 36.4 Å². The van der Waals surface area contributed by atoms with Crippen LogP contribution in [-0.2, 0) is 32.6 Å². The first-order valence-corrected chi connectivity index (χ1v) is 7.88. The van der Waals surface area contributed by atoms with Gasteiger partial charge in [0.25, 0.3) is 0 Å². The van der Waals surface area contributed by atoms with Crippen molar-refractivity contribution in [2.45, 2.75) is 20.3 Å². The van der Waals surface area contributed by atoms with Gasteiger partial charge in [-0.3, -0.25) is 0 Å². The van der Waals surface area contributed by atoms with E-state index in [1.807, 2.05) is 56.7 Å². The van der Waals surface area contributed by atoms with Crippen molar-refractivity contribution < 1.29 is 55.8 Å². The minimum absolute atomic E-state index is 0. The van der Waals surface area contributed by atoms with Crippen molar-refractivity contribution in [1.29, 1.82) is 0 Å². The predicted octanol–water partition coefficient (Wildman–Crippen LogP) is -0.292. The molecule has 1 aliphatic rings. The van der Waals surface area contributed by atoms with Crippen LogP contribution in [0.5, 0.6) is 5.75 Å². The number of rotatable bonds is 1. The Morgan fingerprint density at radius 1 is 0.962 bits per heavy atom. The summed E-state index contributed by atoms with van der Waals surface area (Å²) in [6, 6.07) is 25.7. The zero-order valence-corrected chi connectivity index (χ0v) is 19.3. The molecule has 26 heavy (non-hydrogen) atoms. The number of benzene rings is 2. The van der Waals surface area contributed by atoms with Crippen LogP contribution in [-0.4, -0.2) is 7.11 Å². The van der Waals surface area contributed by atoms with Crippen molar-refractivity contribution in [2.24, 2.45) is 0 Å². The molecular formula is C22H23Cl2OZr-3. The maximum atomic E-state index is 5.33. The van der Waals surface area contributed by atoms with E-state index in [0.29, 0.717) is 0 Å². The van der Waals surface area contributed by atoms with Gasteiger partial charge in [-0.1, -0.05) is 24.3 Å². The first-order chi connectivity index (χ1) is 11.3. The van der Waals surface area contributed by atoms with Crippen LogP contribution >= 0.6 is 0 Å². The first kappa shape index (κ1) is 27.3. The Balaban J connectivity index is 0. The van der Waals surface area contributed by atoms with Crippen molar-refractivity contribution in [1.82, 2.24) is 0 Å². The minimum atomic E-state index is 0. The zero-order valence-electron chi connectivity index (χ0n) is 15.3. The van der Waals surface area contributed by atoms with Crippen molar-refractivity contribution in [3.8, 4) is 16.9 Å². The molecule has 0 atom stereocenters. The summed E-state index contributed by atoms with van der Waals surface area (Å²) in [4.78, 5) is 0. The Kier molecular flexibility index (Phi) is 15.9. The Morgan fingerprint density at radius 3 is 2.12 bits per heavy atom. The summed E-state index contributed by atoms with van der Waals surface area (Å²) in [6.07, 6.45) is 2.96. The number of ether oxygens (including phenoxy) is 1. The average Bonchev–Trinajstić information content (AvgIpc) is 3.26. The van der Waals surface area contributed by atoms with Gasteiger partial charge in [0.2, 0.25) is 0 Å². The number of fused-ring (bicyclic) bond motifs is 3. The van der Waals surface area contributed by atoms with Gasteiger partial charge in [0.05, 0.1) is 7.11 Å². The number of methoxy groups -OCH3 is 1. The average molecular weight is 466 g/mol. The van der Waals surface area contributed by atoms with Crippen LogP contribution in [0.25, 0.3) is 11.1 Å². The molecule has 3 aromatic rings. The van der Waals surface area contributed by atoms with Gasteiger partial charge in [0.1, 0.15) is 0 Å². The second-order valence-electron chi connectivity index (χ2n) is 5.28. The maximum absolute atomic E-state index is 5.33. The molecule has 0 unspecified atom stereocenters. The molecule has 138 valence electrons. The Labute approximate surface area is 189 Å². The molecule has 0 radical (unpaired) electrons. The molecule has 4 heteroatoms. The summed E-state index contributed by atoms with van der Waals surface area (Å²) >= 11 is 0. The third-order valence-corrected chi connectivity index (χ3v) is 3.50. The first-order valence-electron chi connectivity index (χ1n) is 7.88. The quantitative estimate of drug-likeness (QED) is 0.351. The molecule has 0 amide bonds. The van der Waals surface area contributed by atoms with Crippen LogP contribution in [0.1, 0.15) is 25.0 Å². The van der Waals surface area contributed by atoms with E-state index in [0.717, 1.165) is 12.2 Å². The molecule has 0 heterocycles. The van der Waals surface area contributed by atoms with Gasteiger partial charge in [-0.05, 0) is 17.5 Å². The molecular weight excluding hydrogens is 442 g/mol. The minimum Gasteiger partial charge on any atom is -1.00 e. The molecule has 3 aromatic carbocycles. The van der Waals surface area contributed by atoms with Gasteiger partial charge in [-0.25, -0.2) is 12.1 Å². The molecule has 0 saturated carbocycles. The van der Waals surface area contributed by atoms with Crippen molar-refractivity contribution in [3.63, 3.8) is 0 Å². The SMILES string of the molecule is COc1[c-]ccc2c1Cc1ccccc1-2.C[CH-]C.[Cl-].[Cl-].[Zr+2].c1cc[cH-]c1. The van der Waals surface area contributed by atoms with Crippen molar-refractivity contribution in [2.75, 3.05) is 7.11 Å². The van der Waals surface area contributed by atoms with Gasteiger partial charge >= 0.3 is 26.2 Å².